The predicted octanol–water partition coefficient (Wildman–Crippen LogP) is 0.770. The molecule has 0 radical (unpaired) electrons. The van der Waals surface area contributed by atoms with Crippen LogP contribution in [0.3, 0.4) is 0 Å². The van der Waals surface area contributed by atoms with Crippen molar-refractivity contribution in [3.63, 3.8) is 0 Å². The molecule has 1 fully saturated rings. The van der Waals surface area contributed by atoms with Gasteiger partial charge in [-0.05, 0) is 26.8 Å². The Morgan fingerprint density at radius 1 is 1.31 bits per heavy atom. The summed E-state index contributed by atoms with van der Waals surface area (Å²) >= 11 is 0. The maximum absolute atomic E-state index is 5.46. The lowest BCUT2D eigenvalue weighted by Crippen LogP contribution is -2.40. The molecule has 2 rings (SSSR count). The van der Waals surface area contributed by atoms with E-state index in [-0.39, 0.29) is 5.54 Å². The Morgan fingerprint density at radius 3 is 2.75 bits per heavy atom. The fourth-order valence-electron chi connectivity index (χ4n) is 1.73. The molecule has 2 heterocycles. The van der Waals surface area contributed by atoms with Crippen molar-refractivity contribution in [3.05, 3.63) is 5.89 Å². The van der Waals surface area contributed by atoms with Crippen molar-refractivity contribution in [2.45, 2.75) is 31.8 Å². The molecule has 1 saturated heterocycles. The Labute approximate surface area is 94.8 Å². The Kier molecular flexibility index (Phi) is 3.40. The summed E-state index contributed by atoms with van der Waals surface area (Å²) in [5.74, 6) is 0.598. The SMILES string of the molecule is CNCc1nnc(NC2(C)CCOCC2)o1. The number of ether oxygens (including phenoxy) is 1. The summed E-state index contributed by atoms with van der Waals surface area (Å²) in [7, 11) is 1.84. The molecule has 2 N–H and O–H groups in total. The Hall–Kier alpha value is -1.14. The summed E-state index contributed by atoms with van der Waals surface area (Å²) in [6.07, 6.45) is 1.91. The average molecular weight is 226 g/mol. The number of nitrogens with zero attached hydrogens (tertiary/aromatic N) is 2. The summed E-state index contributed by atoms with van der Waals surface area (Å²) in [6, 6.07) is 0.495. The first kappa shape index (κ1) is 11.3. The van der Waals surface area contributed by atoms with Gasteiger partial charge in [0.15, 0.2) is 0 Å². The third-order valence-corrected chi connectivity index (χ3v) is 2.80. The quantitative estimate of drug-likeness (QED) is 0.790. The van der Waals surface area contributed by atoms with Crippen LogP contribution < -0.4 is 10.6 Å². The van der Waals surface area contributed by atoms with Crippen LogP contribution >= 0.6 is 0 Å². The van der Waals surface area contributed by atoms with E-state index in [4.69, 9.17) is 9.15 Å². The summed E-state index contributed by atoms with van der Waals surface area (Å²) in [6.45, 7) is 4.30. The second-order valence-electron chi connectivity index (χ2n) is 4.33. The molecular weight excluding hydrogens is 208 g/mol. The minimum atomic E-state index is 0.00168. The van der Waals surface area contributed by atoms with E-state index in [0.29, 0.717) is 18.5 Å². The molecule has 0 atom stereocenters. The molecule has 0 amide bonds. The highest BCUT2D eigenvalue weighted by Gasteiger charge is 2.28. The fourth-order valence-corrected chi connectivity index (χ4v) is 1.73. The zero-order valence-corrected chi connectivity index (χ0v) is 9.75. The third-order valence-electron chi connectivity index (χ3n) is 2.80. The summed E-state index contributed by atoms with van der Waals surface area (Å²) < 4.78 is 10.8. The van der Waals surface area contributed by atoms with E-state index in [1.807, 2.05) is 7.05 Å². The van der Waals surface area contributed by atoms with Crippen molar-refractivity contribution in [1.82, 2.24) is 15.5 Å². The minimum Gasteiger partial charge on any atom is -0.407 e. The first-order chi connectivity index (χ1) is 7.72. The average Bonchev–Trinajstić information content (AvgIpc) is 2.66. The molecule has 0 bridgehead atoms. The van der Waals surface area contributed by atoms with Gasteiger partial charge in [-0.3, -0.25) is 0 Å². The van der Waals surface area contributed by atoms with Crippen LogP contribution in [-0.2, 0) is 11.3 Å². The number of aromatic nitrogens is 2. The number of hydrogen-bond donors (Lipinski definition) is 2. The topological polar surface area (TPSA) is 72.2 Å². The van der Waals surface area contributed by atoms with Crippen LogP contribution in [0.15, 0.2) is 4.42 Å². The number of rotatable bonds is 4. The molecule has 6 nitrogen and oxygen atoms in total. The van der Waals surface area contributed by atoms with Crippen molar-refractivity contribution in [2.75, 3.05) is 25.6 Å². The van der Waals surface area contributed by atoms with Crippen LogP contribution in [0, 0.1) is 0 Å². The molecule has 1 aliphatic rings. The molecule has 0 spiro atoms. The van der Waals surface area contributed by atoms with Gasteiger partial charge in [0.1, 0.15) is 0 Å². The highest BCUT2D eigenvalue weighted by molar-refractivity contribution is 5.23. The van der Waals surface area contributed by atoms with Gasteiger partial charge >= 0.3 is 6.01 Å². The highest BCUT2D eigenvalue weighted by atomic mass is 16.5. The fraction of sp³-hybridized carbons (Fsp3) is 0.800. The van der Waals surface area contributed by atoms with E-state index >= 15 is 0 Å². The second kappa shape index (κ2) is 4.80. The van der Waals surface area contributed by atoms with E-state index in [1.165, 1.54) is 0 Å². The Bertz CT molecular complexity index is 333. The van der Waals surface area contributed by atoms with E-state index in [2.05, 4.69) is 27.8 Å². The largest absolute Gasteiger partial charge is 0.407 e. The Balaban J connectivity index is 1.96. The lowest BCUT2D eigenvalue weighted by molar-refractivity contribution is 0.0650. The van der Waals surface area contributed by atoms with Crippen molar-refractivity contribution < 1.29 is 9.15 Å². The van der Waals surface area contributed by atoms with Gasteiger partial charge in [-0.25, -0.2) is 0 Å². The normalized spacial score (nSPS) is 19.6. The van der Waals surface area contributed by atoms with Gasteiger partial charge in [0, 0.05) is 18.8 Å². The smallest absolute Gasteiger partial charge is 0.315 e. The minimum absolute atomic E-state index is 0.00168. The van der Waals surface area contributed by atoms with Crippen LogP contribution in [0.4, 0.5) is 6.01 Å². The van der Waals surface area contributed by atoms with E-state index in [9.17, 15) is 0 Å². The van der Waals surface area contributed by atoms with Crippen LogP contribution in [-0.4, -0.2) is 36.0 Å². The maximum atomic E-state index is 5.46. The van der Waals surface area contributed by atoms with Gasteiger partial charge < -0.3 is 19.8 Å². The number of anilines is 1. The summed E-state index contributed by atoms with van der Waals surface area (Å²) in [5.41, 5.74) is 0.00168. The van der Waals surface area contributed by atoms with E-state index in [1.54, 1.807) is 0 Å². The standard InChI is InChI=1S/C10H18N4O2/c1-10(3-5-15-6-4-10)12-9-14-13-8(16-9)7-11-2/h11H,3-7H2,1-2H3,(H,12,14). The summed E-state index contributed by atoms with van der Waals surface area (Å²) in [5, 5.41) is 14.1. The molecule has 1 aliphatic heterocycles. The molecule has 6 heteroatoms. The van der Waals surface area contributed by atoms with Crippen LogP contribution in [0.2, 0.25) is 0 Å². The maximum Gasteiger partial charge on any atom is 0.315 e. The van der Waals surface area contributed by atoms with Gasteiger partial charge in [-0.1, -0.05) is 5.10 Å². The molecule has 1 aromatic rings. The van der Waals surface area contributed by atoms with Crippen molar-refractivity contribution >= 4 is 6.01 Å². The molecule has 0 unspecified atom stereocenters. The zero-order chi connectivity index (χ0) is 11.4. The number of hydrogen-bond acceptors (Lipinski definition) is 6. The predicted molar refractivity (Wildman–Crippen MR) is 59.1 cm³/mol. The van der Waals surface area contributed by atoms with Gasteiger partial charge in [-0.2, -0.15) is 0 Å². The van der Waals surface area contributed by atoms with Gasteiger partial charge in [0.2, 0.25) is 5.89 Å². The second-order valence-corrected chi connectivity index (χ2v) is 4.33. The van der Waals surface area contributed by atoms with Crippen molar-refractivity contribution in [1.29, 1.82) is 0 Å². The lowest BCUT2D eigenvalue weighted by Gasteiger charge is -2.33. The van der Waals surface area contributed by atoms with Crippen molar-refractivity contribution in [3.8, 4) is 0 Å². The Morgan fingerprint density at radius 2 is 2.06 bits per heavy atom. The highest BCUT2D eigenvalue weighted by Crippen LogP contribution is 2.24. The van der Waals surface area contributed by atoms with Gasteiger partial charge in [0.25, 0.3) is 0 Å². The van der Waals surface area contributed by atoms with Crippen LogP contribution in [0.1, 0.15) is 25.7 Å². The van der Waals surface area contributed by atoms with Crippen LogP contribution in [0.5, 0.6) is 0 Å². The number of nitrogens with one attached hydrogen (secondary N) is 2. The van der Waals surface area contributed by atoms with Crippen molar-refractivity contribution in [2.24, 2.45) is 0 Å². The third kappa shape index (κ3) is 2.70. The molecule has 90 valence electrons. The van der Waals surface area contributed by atoms with E-state index < -0.39 is 0 Å². The molecule has 0 aromatic carbocycles. The molecule has 1 aromatic heterocycles. The zero-order valence-electron chi connectivity index (χ0n) is 9.75. The van der Waals surface area contributed by atoms with E-state index in [0.717, 1.165) is 26.1 Å². The van der Waals surface area contributed by atoms with Gasteiger partial charge in [-0.15, -0.1) is 5.10 Å². The molecule has 16 heavy (non-hydrogen) atoms. The monoisotopic (exact) mass is 226 g/mol. The molecular formula is C10H18N4O2. The molecule has 0 aliphatic carbocycles. The molecule has 0 saturated carbocycles. The first-order valence-corrected chi connectivity index (χ1v) is 5.55. The summed E-state index contributed by atoms with van der Waals surface area (Å²) in [4.78, 5) is 0. The first-order valence-electron chi connectivity index (χ1n) is 5.55. The van der Waals surface area contributed by atoms with Crippen LogP contribution in [0.25, 0.3) is 0 Å². The van der Waals surface area contributed by atoms with Gasteiger partial charge in [0.05, 0.1) is 6.54 Å². The lowest BCUT2D eigenvalue weighted by atomic mass is 9.93.